The smallest absolute Gasteiger partial charge is 0.161 e. The van der Waals surface area contributed by atoms with Gasteiger partial charge in [0.05, 0.1) is 6.10 Å². The van der Waals surface area contributed by atoms with E-state index >= 15 is 0 Å². The van der Waals surface area contributed by atoms with Crippen molar-refractivity contribution in [2.45, 2.75) is 31.4 Å². The standard InChI is InChI=1S/C12H13ClN4O/c13-11-10-6-14-4-3-9(10)12(17-16-11)15-7-1-2-8(18)5-7/h3-4,6-8,18H,1-2,5H2,(H,15,17)/t7-,8+/m1/s1. The van der Waals surface area contributed by atoms with Crippen LogP contribution in [0.5, 0.6) is 0 Å². The maximum absolute atomic E-state index is 9.53. The minimum absolute atomic E-state index is 0.212. The Hall–Kier alpha value is -1.46. The lowest BCUT2D eigenvalue weighted by Crippen LogP contribution is -2.18. The predicted molar refractivity (Wildman–Crippen MR) is 69.6 cm³/mol. The van der Waals surface area contributed by atoms with E-state index in [4.69, 9.17) is 11.6 Å². The van der Waals surface area contributed by atoms with Gasteiger partial charge in [0.15, 0.2) is 11.0 Å². The Labute approximate surface area is 109 Å². The van der Waals surface area contributed by atoms with E-state index in [2.05, 4.69) is 20.5 Å². The van der Waals surface area contributed by atoms with Gasteiger partial charge in [0.2, 0.25) is 0 Å². The maximum Gasteiger partial charge on any atom is 0.161 e. The highest BCUT2D eigenvalue weighted by molar-refractivity contribution is 6.34. The first kappa shape index (κ1) is 11.6. The summed E-state index contributed by atoms with van der Waals surface area (Å²) in [6.45, 7) is 0. The lowest BCUT2D eigenvalue weighted by atomic mass is 10.2. The van der Waals surface area contributed by atoms with Gasteiger partial charge in [-0.2, -0.15) is 0 Å². The third kappa shape index (κ3) is 2.11. The molecular weight excluding hydrogens is 252 g/mol. The number of nitrogens with one attached hydrogen (secondary N) is 1. The Kier molecular flexibility index (Phi) is 3.01. The van der Waals surface area contributed by atoms with Crippen molar-refractivity contribution < 1.29 is 5.11 Å². The molecule has 2 N–H and O–H groups in total. The van der Waals surface area contributed by atoms with Crippen molar-refractivity contribution in [2.24, 2.45) is 0 Å². The van der Waals surface area contributed by atoms with Crippen molar-refractivity contribution in [3.05, 3.63) is 23.6 Å². The molecule has 0 radical (unpaired) electrons. The molecule has 0 amide bonds. The molecule has 2 atom stereocenters. The summed E-state index contributed by atoms with van der Waals surface area (Å²) < 4.78 is 0. The molecule has 2 heterocycles. The highest BCUT2D eigenvalue weighted by Crippen LogP contribution is 2.28. The van der Waals surface area contributed by atoms with Crippen LogP contribution in [0.4, 0.5) is 5.82 Å². The molecule has 0 bridgehead atoms. The molecular formula is C12H13ClN4O. The number of fused-ring (bicyclic) bond motifs is 1. The Morgan fingerprint density at radius 1 is 1.28 bits per heavy atom. The molecule has 2 aromatic heterocycles. The van der Waals surface area contributed by atoms with Crippen LogP contribution in [0.2, 0.25) is 5.15 Å². The molecule has 6 heteroatoms. The van der Waals surface area contributed by atoms with Gasteiger partial charge in [0.25, 0.3) is 0 Å². The molecule has 0 saturated heterocycles. The van der Waals surface area contributed by atoms with Crippen LogP contribution < -0.4 is 5.32 Å². The summed E-state index contributed by atoms with van der Waals surface area (Å²) in [5, 5.41) is 22.9. The summed E-state index contributed by atoms with van der Waals surface area (Å²) in [5.74, 6) is 0.705. The summed E-state index contributed by atoms with van der Waals surface area (Å²) in [5.41, 5.74) is 0. The van der Waals surface area contributed by atoms with Crippen LogP contribution in [0.15, 0.2) is 18.5 Å². The summed E-state index contributed by atoms with van der Waals surface area (Å²) in [6, 6.07) is 2.11. The number of pyridine rings is 1. The van der Waals surface area contributed by atoms with Gasteiger partial charge in [-0.25, -0.2) is 0 Å². The summed E-state index contributed by atoms with van der Waals surface area (Å²) >= 11 is 5.99. The fraction of sp³-hybridized carbons (Fsp3) is 0.417. The summed E-state index contributed by atoms with van der Waals surface area (Å²) in [6.07, 6.45) is 5.69. The number of aromatic nitrogens is 3. The number of hydrogen-bond donors (Lipinski definition) is 2. The second-order valence-corrected chi connectivity index (χ2v) is 4.93. The SMILES string of the molecule is O[C@H]1CC[C@@H](Nc2nnc(Cl)c3cnccc23)C1. The van der Waals surface area contributed by atoms with Gasteiger partial charge in [0.1, 0.15) is 0 Å². The molecule has 1 fully saturated rings. The number of aliphatic hydroxyl groups excluding tert-OH is 1. The van der Waals surface area contributed by atoms with Crippen molar-refractivity contribution in [1.29, 1.82) is 0 Å². The molecule has 18 heavy (non-hydrogen) atoms. The maximum atomic E-state index is 9.53. The van der Waals surface area contributed by atoms with Gasteiger partial charge in [-0.15, -0.1) is 10.2 Å². The minimum Gasteiger partial charge on any atom is -0.393 e. The number of aliphatic hydroxyl groups is 1. The van der Waals surface area contributed by atoms with Gasteiger partial charge in [-0.05, 0) is 25.3 Å². The Morgan fingerprint density at radius 2 is 2.17 bits per heavy atom. The van der Waals surface area contributed by atoms with E-state index in [9.17, 15) is 5.11 Å². The average Bonchev–Trinajstić information content (AvgIpc) is 2.79. The third-order valence-corrected chi connectivity index (χ3v) is 3.56. The zero-order valence-corrected chi connectivity index (χ0v) is 10.4. The van der Waals surface area contributed by atoms with E-state index in [1.807, 2.05) is 6.07 Å². The normalized spacial score (nSPS) is 23.4. The molecule has 0 aliphatic heterocycles. The van der Waals surface area contributed by atoms with Gasteiger partial charge in [0, 0.05) is 29.2 Å². The number of hydrogen-bond acceptors (Lipinski definition) is 5. The van der Waals surface area contributed by atoms with Crippen molar-refractivity contribution in [2.75, 3.05) is 5.32 Å². The topological polar surface area (TPSA) is 70.9 Å². The number of anilines is 1. The first-order chi connectivity index (χ1) is 8.74. The van der Waals surface area contributed by atoms with Crippen molar-refractivity contribution >= 4 is 28.2 Å². The fourth-order valence-electron chi connectivity index (χ4n) is 2.36. The first-order valence-electron chi connectivity index (χ1n) is 5.94. The van der Waals surface area contributed by atoms with Crippen LogP contribution in [0.25, 0.3) is 10.8 Å². The second kappa shape index (κ2) is 4.66. The van der Waals surface area contributed by atoms with Crippen LogP contribution in [0.1, 0.15) is 19.3 Å². The quantitative estimate of drug-likeness (QED) is 0.868. The molecule has 0 spiro atoms. The van der Waals surface area contributed by atoms with Crippen LogP contribution in [0.3, 0.4) is 0 Å². The van der Waals surface area contributed by atoms with Gasteiger partial charge >= 0.3 is 0 Å². The molecule has 3 rings (SSSR count). The molecule has 1 saturated carbocycles. The summed E-state index contributed by atoms with van der Waals surface area (Å²) in [4.78, 5) is 4.04. The molecule has 94 valence electrons. The van der Waals surface area contributed by atoms with Crippen LogP contribution in [0, 0.1) is 0 Å². The number of rotatable bonds is 2. The van der Waals surface area contributed by atoms with Crippen LogP contribution in [-0.2, 0) is 0 Å². The van der Waals surface area contributed by atoms with Crippen molar-refractivity contribution in [3.8, 4) is 0 Å². The Morgan fingerprint density at radius 3 is 2.94 bits per heavy atom. The van der Waals surface area contributed by atoms with E-state index in [1.54, 1.807) is 12.4 Å². The second-order valence-electron chi connectivity index (χ2n) is 4.57. The molecule has 0 aromatic carbocycles. The highest BCUT2D eigenvalue weighted by Gasteiger charge is 2.23. The van der Waals surface area contributed by atoms with Crippen LogP contribution >= 0.6 is 11.6 Å². The van der Waals surface area contributed by atoms with Gasteiger partial charge < -0.3 is 10.4 Å². The lowest BCUT2D eigenvalue weighted by Gasteiger charge is -2.14. The van der Waals surface area contributed by atoms with E-state index in [0.717, 1.165) is 30.0 Å². The number of nitrogens with zero attached hydrogens (tertiary/aromatic N) is 3. The zero-order valence-electron chi connectivity index (χ0n) is 9.67. The Balaban J connectivity index is 1.95. The molecule has 1 aliphatic carbocycles. The highest BCUT2D eigenvalue weighted by atomic mass is 35.5. The largest absolute Gasteiger partial charge is 0.393 e. The zero-order chi connectivity index (χ0) is 12.5. The first-order valence-corrected chi connectivity index (χ1v) is 6.32. The Bertz CT molecular complexity index is 577. The molecule has 0 unspecified atom stereocenters. The van der Waals surface area contributed by atoms with Gasteiger partial charge in [-0.3, -0.25) is 4.98 Å². The minimum atomic E-state index is -0.212. The fourth-order valence-corrected chi connectivity index (χ4v) is 2.54. The van der Waals surface area contributed by atoms with Crippen LogP contribution in [-0.4, -0.2) is 32.4 Å². The summed E-state index contributed by atoms with van der Waals surface area (Å²) in [7, 11) is 0. The molecule has 2 aromatic rings. The van der Waals surface area contributed by atoms with E-state index < -0.39 is 0 Å². The third-order valence-electron chi connectivity index (χ3n) is 3.28. The van der Waals surface area contributed by atoms with Crippen molar-refractivity contribution in [3.63, 3.8) is 0 Å². The van der Waals surface area contributed by atoms with Gasteiger partial charge in [-0.1, -0.05) is 11.6 Å². The van der Waals surface area contributed by atoms with Crippen molar-refractivity contribution in [1.82, 2.24) is 15.2 Å². The van der Waals surface area contributed by atoms with E-state index in [-0.39, 0.29) is 12.1 Å². The van der Waals surface area contributed by atoms with E-state index in [1.165, 1.54) is 0 Å². The number of halogens is 1. The average molecular weight is 265 g/mol. The van der Waals surface area contributed by atoms with E-state index in [0.29, 0.717) is 11.0 Å². The monoisotopic (exact) mass is 264 g/mol. The molecule has 5 nitrogen and oxygen atoms in total. The molecule has 1 aliphatic rings. The predicted octanol–water partition coefficient (Wildman–Crippen LogP) is 2.00. The lowest BCUT2D eigenvalue weighted by molar-refractivity contribution is 0.182.